The zero-order valence-corrected chi connectivity index (χ0v) is 75.6. The Morgan fingerprint density at radius 1 is 0.336 bits per heavy atom. The van der Waals surface area contributed by atoms with Crippen LogP contribution in [-0.4, -0.2) is 38.7 Å². The Hall–Kier alpha value is -11.5. The SMILES string of the molecule is CC.CC.COc1ccc(C2(c3ccc(OC(=O)CC(C)=O)c(C)c3)CCC2)cc1C.COc1ccc(C2(c3ccc(O[C-]=O)c(C)c3)CCC2)cc1C.C[C-]=O.Cc1ccc(-c2ccc(C)cc2)cc1.Cc1ccc(Oc2ccc(C)cc2)cc1.Cc1ccc(Oc2ccc(Oc3ccc(C)cc3)cc2)cc1.[Y].c1ccc2ccccc2c1. The molecule has 2 aliphatic carbocycles. The van der Waals surface area contributed by atoms with Gasteiger partial charge in [-0.2, -0.15) is 6.92 Å². The van der Waals surface area contributed by atoms with E-state index in [0.717, 1.165) is 93.9 Å². The van der Waals surface area contributed by atoms with Crippen molar-refractivity contribution in [3.63, 3.8) is 0 Å². The second-order valence-electron chi connectivity index (χ2n) is 29.1. The van der Waals surface area contributed by atoms with Crippen molar-refractivity contribution in [2.24, 2.45) is 0 Å². The van der Waals surface area contributed by atoms with Crippen LogP contribution in [0.1, 0.15) is 164 Å². The number of methoxy groups -OCH3 is 2. The smallest absolute Gasteiger partial charge is 0.318 e. The Bertz CT molecular complexity index is 5020. The van der Waals surface area contributed by atoms with Gasteiger partial charge in [-0.05, 0) is 253 Å². The number of Topliss-reactive ketones (excluding diaryl/α,β-unsaturated/α-hetero) is 1. The summed E-state index contributed by atoms with van der Waals surface area (Å²) in [7, 11) is 3.39. The number of esters is 1. The molecule has 0 saturated heterocycles. The molecule has 0 bridgehead atoms. The van der Waals surface area contributed by atoms with Crippen LogP contribution in [0.3, 0.4) is 0 Å². The summed E-state index contributed by atoms with van der Waals surface area (Å²) in [6, 6.07) is 98.6. The number of aryl methyl sites for hydroxylation is 10. The summed E-state index contributed by atoms with van der Waals surface area (Å²) in [5.74, 6) is 7.21. The summed E-state index contributed by atoms with van der Waals surface area (Å²) in [6.07, 6.45) is 8.19. The van der Waals surface area contributed by atoms with Crippen LogP contribution in [0.4, 0.5) is 0 Å². The first-order valence-electron chi connectivity index (χ1n) is 40.6. The molecule has 12 heteroatoms. The second-order valence-corrected chi connectivity index (χ2v) is 29.1. The van der Waals surface area contributed by atoms with E-state index in [-0.39, 0.29) is 55.7 Å². The molecule has 0 heterocycles. The monoisotopic (exact) mass is 1670 g/mol. The van der Waals surface area contributed by atoms with E-state index in [1.54, 1.807) is 14.2 Å². The van der Waals surface area contributed by atoms with Gasteiger partial charge in [0.05, 0.1) is 14.2 Å². The molecule has 13 aromatic rings. The number of carbonyl (C=O) groups is 2. The molecule has 2 fully saturated rings. The Morgan fingerprint density at radius 2 is 0.571 bits per heavy atom. The van der Waals surface area contributed by atoms with Gasteiger partial charge in [0.25, 0.3) is 0 Å². The van der Waals surface area contributed by atoms with Gasteiger partial charge in [-0.25, -0.2) is 0 Å². The standard InChI is InChI=1S/C23H26O4.C20H21O3.C20H18O2.C14H14O.C14H14.C10H8.C2H3O.2C2H6.Y/c1-15-12-18(6-8-20(15)26-4)23(10-5-11-23)19-7-9-21(16(2)13-19)27-22(25)14-17(3)24;1-14-11-16(5-7-18(14)22-3)20(9-4-10-20)17-6-8-19(23-13-21)15(2)12-17;1-15-3-7-17(8-4-15)21-19-11-13-20(14-12-19)22-18-9-5-16(2)6-10-18;1-11-3-7-13(8-4-11)15-14-9-5-12(2)6-10-14;1-11-3-7-13(8-4-11)14-9-5-12(2)6-10-14;1-2-6-10-8-4-3-7-9(10)5-1;1-2-3;2*1-2;/h6-9,12-13H,5,10-11,14H2,1-4H3;5-8,11-12H,4,9-10H2,1-3H3;3-14H,1-2H3;3-10H,1-2H3;3-10H,1-2H3;1-8H;1H3;2*1-2H3;/q;-1;;;;;-1;;;. The maximum Gasteiger partial charge on any atom is 0.318 e. The molecular weight excluding hydrogens is 1550 g/mol. The molecule has 615 valence electrons. The molecule has 13 aromatic carbocycles. The Morgan fingerprint density at radius 3 is 0.790 bits per heavy atom. The molecule has 2 aliphatic rings. The third kappa shape index (κ3) is 29.2. The maximum atomic E-state index is 11.8. The Labute approximate surface area is 733 Å². The number of carbonyl (C=O) groups excluding carboxylic acids is 4. The topological polar surface area (TPSA) is 133 Å². The van der Waals surface area contributed by atoms with Gasteiger partial charge >= 0.3 is 5.97 Å². The maximum absolute atomic E-state index is 11.8. The summed E-state index contributed by atoms with van der Waals surface area (Å²) >= 11 is 0. The predicted molar refractivity (Wildman–Crippen MR) is 485 cm³/mol. The normalized spacial score (nSPS) is 11.8. The zero-order valence-electron chi connectivity index (χ0n) is 72.7. The molecule has 0 aromatic heterocycles. The number of benzene rings is 13. The number of fused-ring (bicyclic) bond motifs is 1. The second kappa shape index (κ2) is 49.7. The molecule has 0 amide bonds. The van der Waals surface area contributed by atoms with E-state index in [2.05, 4.69) is 201 Å². The van der Waals surface area contributed by atoms with Crippen LogP contribution in [0.25, 0.3) is 21.9 Å². The molecule has 0 unspecified atom stereocenters. The van der Waals surface area contributed by atoms with E-state index in [4.69, 9.17) is 38.0 Å². The largest absolute Gasteiger partial charge is 0.610 e. The van der Waals surface area contributed by atoms with Crippen molar-refractivity contribution in [1.82, 2.24) is 0 Å². The molecule has 119 heavy (non-hydrogen) atoms. The summed E-state index contributed by atoms with van der Waals surface area (Å²) in [4.78, 5) is 42.0. The first kappa shape index (κ1) is 96.3. The zero-order chi connectivity index (χ0) is 85.6. The van der Waals surface area contributed by atoms with Crippen molar-refractivity contribution < 1.29 is 85.0 Å². The average Bonchev–Trinajstić information content (AvgIpc) is 0.752. The molecule has 2 saturated carbocycles. The van der Waals surface area contributed by atoms with Gasteiger partial charge in [0.15, 0.2) is 6.47 Å². The molecule has 1 radical (unpaired) electrons. The van der Waals surface area contributed by atoms with Crippen molar-refractivity contribution in [3.05, 3.63) is 369 Å². The van der Waals surface area contributed by atoms with E-state index in [1.165, 1.54) is 117 Å². The minimum Gasteiger partial charge on any atom is -0.610 e. The quantitative estimate of drug-likeness (QED) is 0.0352. The number of hydrogen-bond acceptors (Lipinski definition) is 11. The van der Waals surface area contributed by atoms with Gasteiger partial charge in [-0.15, -0.1) is 6.07 Å². The average molecular weight is 1670 g/mol. The molecular formula is C107H116O11Y-2. The van der Waals surface area contributed by atoms with E-state index in [9.17, 15) is 14.4 Å². The van der Waals surface area contributed by atoms with Gasteiger partial charge in [0.2, 0.25) is 0 Å². The molecule has 0 spiro atoms. The molecule has 0 N–H and O–H groups in total. The van der Waals surface area contributed by atoms with Gasteiger partial charge in [-0.3, -0.25) is 15.9 Å². The number of hydrogen-bond donors (Lipinski definition) is 0. The van der Waals surface area contributed by atoms with Crippen molar-refractivity contribution in [2.45, 2.75) is 167 Å². The first-order chi connectivity index (χ1) is 57.0. The van der Waals surface area contributed by atoms with Crippen molar-refractivity contribution in [2.75, 3.05) is 14.2 Å². The predicted octanol–water partition coefficient (Wildman–Crippen LogP) is 27.9. The fourth-order valence-electron chi connectivity index (χ4n) is 13.5. The van der Waals surface area contributed by atoms with Crippen LogP contribution < -0.4 is 33.2 Å². The van der Waals surface area contributed by atoms with E-state index in [0.29, 0.717) is 11.5 Å². The third-order valence-corrected chi connectivity index (χ3v) is 20.2. The fourth-order valence-corrected chi connectivity index (χ4v) is 13.5. The van der Waals surface area contributed by atoms with E-state index in [1.807, 2.05) is 187 Å². The minimum atomic E-state index is -0.512. The third-order valence-electron chi connectivity index (χ3n) is 20.2. The fraction of sp³-hybridized carbons (Fsp3) is 0.252. The van der Waals surface area contributed by atoms with Gasteiger partial charge in [-0.1, -0.05) is 281 Å². The molecule has 15 rings (SSSR count). The van der Waals surface area contributed by atoms with Crippen LogP contribution in [0.2, 0.25) is 0 Å². The summed E-state index contributed by atoms with van der Waals surface area (Å²) in [5.41, 5.74) is 19.5. The van der Waals surface area contributed by atoms with Gasteiger partial charge in [0, 0.05) is 43.5 Å². The van der Waals surface area contributed by atoms with Gasteiger partial charge < -0.3 is 42.7 Å². The van der Waals surface area contributed by atoms with Crippen molar-refractivity contribution in [3.8, 4) is 68.6 Å². The van der Waals surface area contributed by atoms with Crippen LogP contribution in [0.5, 0.6) is 57.5 Å². The molecule has 11 nitrogen and oxygen atoms in total. The molecule has 0 aliphatic heterocycles. The van der Waals surface area contributed by atoms with E-state index >= 15 is 0 Å². The van der Waals surface area contributed by atoms with Crippen molar-refractivity contribution in [1.29, 1.82) is 0 Å². The number of ether oxygens (including phenoxy) is 7. The van der Waals surface area contributed by atoms with Crippen LogP contribution in [0.15, 0.2) is 291 Å². The van der Waals surface area contributed by atoms with Crippen LogP contribution >= 0.6 is 0 Å². The first-order valence-corrected chi connectivity index (χ1v) is 40.6. The Balaban J connectivity index is 0.000000222. The Kier molecular flexibility index (Phi) is 40.2. The van der Waals surface area contributed by atoms with Crippen LogP contribution in [-0.2, 0) is 62.7 Å². The number of ketones is 1. The van der Waals surface area contributed by atoms with E-state index < -0.39 is 5.97 Å². The summed E-state index contributed by atoms with van der Waals surface area (Å²) in [5, 5.41) is 2.62. The number of rotatable bonds is 18. The summed E-state index contributed by atoms with van der Waals surface area (Å²) < 4.78 is 38.3. The van der Waals surface area contributed by atoms with Gasteiger partial charge in [0.1, 0.15) is 63.9 Å². The minimum absolute atomic E-state index is 0. The van der Waals surface area contributed by atoms with Crippen molar-refractivity contribution >= 4 is 35.3 Å². The summed E-state index contributed by atoms with van der Waals surface area (Å²) in [6.45, 7) is 32.7. The van der Waals surface area contributed by atoms with Crippen LogP contribution in [0, 0.1) is 69.2 Å². The molecule has 0 atom stereocenters.